The number of H-pyrrole nitrogens is 1. The number of hydrogen-bond donors (Lipinski definition) is 2. The molecule has 2 aromatic carbocycles. The highest BCUT2D eigenvalue weighted by molar-refractivity contribution is 5.82. The number of anilines is 2. The molecule has 0 atom stereocenters. The predicted molar refractivity (Wildman–Crippen MR) is 107 cm³/mol. The van der Waals surface area contributed by atoms with Crippen LogP contribution in [0, 0.1) is 0 Å². The fraction of sp³-hybridized carbons (Fsp3) is 0.333. The van der Waals surface area contributed by atoms with E-state index in [0.717, 1.165) is 50.1 Å². The van der Waals surface area contributed by atoms with Gasteiger partial charge in [-0.05, 0) is 49.4 Å². The zero-order valence-electron chi connectivity index (χ0n) is 14.9. The van der Waals surface area contributed by atoms with Crippen LogP contribution in [0.5, 0.6) is 0 Å². The molecule has 1 aromatic heterocycles. The van der Waals surface area contributed by atoms with Gasteiger partial charge in [0.25, 0.3) is 5.56 Å². The molecule has 0 amide bonds. The molecule has 2 N–H and O–H groups in total. The normalized spacial score (nSPS) is 14.5. The first-order valence-electron chi connectivity index (χ1n) is 9.36. The second kappa shape index (κ2) is 7.60. The van der Waals surface area contributed by atoms with Crippen LogP contribution < -0.4 is 15.8 Å². The van der Waals surface area contributed by atoms with Crippen LogP contribution in [0.3, 0.4) is 0 Å². The molecule has 0 spiro atoms. The number of hydrogen-bond acceptors (Lipinski definition) is 4. The van der Waals surface area contributed by atoms with Crippen molar-refractivity contribution in [2.45, 2.75) is 25.7 Å². The van der Waals surface area contributed by atoms with E-state index in [1.165, 1.54) is 12.0 Å². The van der Waals surface area contributed by atoms with Gasteiger partial charge in [-0.1, -0.05) is 30.3 Å². The Labute approximate surface area is 153 Å². The standard InChI is InChI=1S/C21H24N4O/c26-20-18-10-9-17(22-12-11-16-7-3-1-4-8-16)15-19(18)23-21(24-20)25-13-5-2-6-14-25/h1,3-4,7-10,15,22H,2,5-6,11-14H2,(H,23,24,26). The van der Waals surface area contributed by atoms with Crippen LogP contribution >= 0.6 is 0 Å². The summed E-state index contributed by atoms with van der Waals surface area (Å²) in [6.07, 6.45) is 4.52. The second-order valence-electron chi connectivity index (χ2n) is 6.83. The van der Waals surface area contributed by atoms with Gasteiger partial charge >= 0.3 is 0 Å². The van der Waals surface area contributed by atoms with Crippen LogP contribution in [0.4, 0.5) is 11.6 Å². The maximum absolute atomic E-state index is 12.4. The molecule has 1 saturated heterocycles. The van der Waals surface area contributed by atoms with E-state index in [2.05, 4.69) is 39.5 Å². The van der Waals surface area contributed by atoms with Crippen molar-refractivity contribution in [2.24, 2.45) is 0 Å². The minimum Gasteiger partial charge on any atom is -0.385 e. The van der Waals surface area contributed by atoms with Crippen LogP contribution in [0.1, 0.15) is 24.8 Å². The number of rotatable bonds is 5. The van der Waals surface area contributed by atoms with E-state index in [1.807, 2.05) is 24.3 Å². The van der Waals surface area contributed by atoms with Crippen LogP contribution in [0.25, 0.3) is 10.9 Å². The molecule has 0 aliphatic carbocycles. The smallest absolute Gasteiger partial charge is 0.260 e. The molecule has 2 heterocycles. The van der Waals surface area contributed by atoms with E-state index in [4.69, 9.17) is 4.98 Å². The topological polar surface area (TPSA) is 61.0 Å². The number of piperidine rings is 1. The number of nitrogens with one attached hydrogen (secondary N) is 2. The number of benzene rings is 2. The van der Waals surface area contributed by atoms with Gasteiger partial charge in [0, 0.05) is 25.3 Å². The SMILES string of the molecule is O=c1[nH]c(N2CCCCC2)nc2cc(NCCc3ccccc3)ccc12. The molecule has 0 saturated carbocycles. The van der Waals surface area contributed by atoms with Crippen molar-refractivity contribution in [3.8, 4) is 0 Å². The van der Waals surface area contributed by atoms with Gasteiger partial charge in [0.15, 0.2) is 0 Å². The molecule has 134 valence electrons. The highest BCUT2D eigenvalue weighted by Gasteiger charge is 2.14. The van der Waals surface area contributed by atoms with E-state index in [0.29, 0.717) is 11.3 Å². The maximum Gasteiger partial charge on any atom is 0.260 e. The van der Waals surface area contributed by atoms with Crippen LogP contribution in [-0.4, -0.2) is 29.6 Å². The lowest BCUT2D eigenvalue weighted by atomic mass is 10.1. The molecule has 1 aliphatic rings. The van der Waals surface area contributed by atoms with Crippen molar-refractivity contribution < 1.29 is 0 Å². The average molecular weight is 348 g/mol. The molecule has 5 nitrogen and oxygen atoms in total. The van der Waals surface area contributed by atoms with Crippen molar-refractivity contribution >= 4 is 22.5 Å². The second-order valence-corrected chi connectivity index (χ2v) is 6.83. The third-order valence-electron chi connectivity index (χ3n) is 4.94. The zero-order chi connectivity index (χ0) is 17.8. The molecule has 0 radical (unpaired) electrons. The van der Waals surface area contributed by atoms with Crippen molar-refractivity contribution in [2.75, 3.05) is 29.9 Å². The summed E-state index contributed by atoms with van der Waals surface area (Å²) in [5.41, 5.74) is 2.99. The Bertz CT molecular complexity index is 930. The van der Waals surface area contributed by atoms with E-state index < -0.39 is 0 Å². The molecular weight excluding hydrogens is 324 g/mol. The number of aromatic amines is 1. The van der Waals surface area contributed by atoms with E-state index in [1.54, 1.807) is 0 Å². The Morgan fingerprint density at radius 3 is 2.65 bits per heavy atom. The summed E-state index contributed by atoms with van der Waals surface area (Å²) in [5.74, 6) is 0.698. The Morgan fingerprint density at radius 1 is 1.04 bits per heavy atom. The van der Waals surface area contributed by atoms with Gasteiger partial charge in [-0.15, -0.1) is 0 Å². The summed E-state index contributed by atoms with van der Waals surface area (Å²) in [5, 5.41) is 4.08. The third kappa shape index (κ3) is 3.72. The molecule has 4 rings (SSSR count). The molecule has 3 aromatic rings. The zero-order valence-corrected chi connectivity index (χ0v) is 14.9. The van der Waals surface area contributed by atoms with Gasteiger partial charge in [-0.3, -0.25) is 9.78 Å². The monoisotopic (exact) mass is 348 g/mol. The predicted octanol–water partition coefficient (Wildman–Crippen LogP) is 3.57. The Morgan fingerprint density at radius 2 is 1.85 bits per heavy atom. The summed E-state index contributed by atoms with van der Waals surface area (Å²) in [7, 11) is 0. The minimum atomic E-state index is -0.0635. The molecule has 1 fully saturated rings. The minimum absolute atomic E-state index is 0.0635. The summed E-state index contributed by atoms with van der Waals surface area (Å²) < 4.78 is 0. The van der Waals surface area contributed by atoms with Crippen LogP contribution in [0.2, 0.25) is 0 Å². The van der Waals surface area contributed by atoms with Crippen molar-refractivity contribution in [1.29, 1.82) is 0 Å². The van der Waals surface area contributed by atoms with Crippen molar-refractivity contribution in [3.05, 3.63) is 64.4 Å². The van der Waals surface area contributed by atoms with E-state index in [9.17, 15) is 4.79 Å². The largest absolute Gasteiger partial charge is 0.385 e. The van der Waals surface area contributed by atoms with Gasteiger partial charge in [0.2, 0.25) is 5.95 Å². The number of fused-ring (bicyclic) bond motifs is 1. The molecule has 1 aliphatic heterocycles. The first-order valence-corrected chi connectivity index (χ1v) is 9.36. The van der Waals surface area contributed by atoms with Crippen molar-refractivity contribution in [1.82, 2.24) is 9.97 Å². The summed E-state index contributed by atoms with van der Waals surface area (Å²) in [6.45, 7) is 2.77. The molecular formula is C21H24N4O. The van der Waals surface area contributed by atoms with Gasteiger partial charge in [-0.25, -0.2) is 4.98 Å². The van der Waals surface area contributed by atoms with Crippen molar-refractivity contribution in [3.63, 3.8) is 0 Å². The van der Waals surface area contributed by atoms with Crippen LogP contribution in [0.15, 0.2) is 53.3 Å². The fourth-order valence-corrected chi connectivity index (χ4v) is 3.49. The summed E-state index contributed by atoms with van der Waals surface area (Å²) >= 11 is 0. The Kier molecular flexibility index (Phi) is 4.86. The quantitative estimate of drug-likeness (QED) is 0.740. The highest BCUT2D eigenvalue weighted by atomic mass is 16.1. The summed E-state index contributed by atoms with van der Waals surface area (Å²) in [4.78, 5) is 22.3. The highest BCUT2D eigenvalue weighted by Crippen LogP contribution is 2.19. The molecule has 5 heteroatoms. The molecule has 0 bridgehead atoms. The average Bonchev–Trinajstić information content (AvgIpc) is 2.69. The lowest BCUT2D eigenvalue weighted by Gasteiger charge is -2.27. The van der Waals surface area contributed by atoms with E-state index >= 15 is 0 Å². The maximum atomic E-state index is 12.4. The van der Waals surface area contributed by atoms with E-state index in [-0.39, 0.29) is 5.56 Å². The third-order valence-corrected chi connectivity index (χ3v) is 4.94. The van der Waals surface area contributed by atoms with Gasteiger partial charge in [0.05, 0.1) is 10.9 Å². The lowest BCUT2D eigenvalue weighted by Crippen LogP contribution is -2.32. The van der Waals surface area contributed by atoms with Gasteiger partial charge in [-0.2, -0.15) is 0 Å². The lowest BCUT2D eigenvalue weighted by molar-refractivity contribution is 0.568. The first-order chi connectivity index (χ1) is 12.8. The number of nitrogens with zero attached hydrogens (tertiary/aromatic N) is 2. The van der Waals surface area contributed by atoms with Gasteiger partial charge < -0.3 is 10.2 Å². The first kappa shape index (κ1) is 16.6. The number of aromatic nitrogens is 2. The Hall–Kier alpha value is -2.82. The fourth-order valence-electron chi connectivity index (χ4n) is 3.49. The molecule has 0 unspecified atom stereocenters. The summed E-state index contributed by atoms with van der Waals surface area (Å²) in [6, 6.07) is 16.2. The molecule has 26 heavy (non-hydrogen) atoms. The van der Waals surface area contributed by atoms with Gasteiger partial charge in [0.1, 0.15) is 0 Å². The Balaban J connectivity index is 1.52. The van der Waals surface area contributed by atoms with Crippen LogP contribution in [-0.2, 0) is 6.42 Å².